The van der Waals surface area contributed by atoms with Gasteiger partial charge in [-0.05, 0) is 18.2 Å². The van der Waals surface area contributed by atoms with E-state index in [9.17, 15) is 17.6 Å². The Kier molecular flexibility index (Phi) is 4.76. The number of halogens is 1. The molecule has 1 aliphatic heterocycles. The van der Waals surface area contributed by atoms with E-state index >= 15 is 0 Å². The van der Waals surface area contributed by atoms with Gasteiger partial charge in [-0.3, -0.25) is 4.79 Å². The number of sulfonamides is 1. The number of hydrogen-bond donors (Lipinski definition) is 1. The number of methoxy groups -OCH3 is 1. The van der Waals surface area contributed by atoms with E-state index in [1.807, 2.05) is 0 Å². The van der Waals surface area contributed by atoms with E-state index in [1.54, 1.807) is 0 Å². The summed E-state index contributed by atoms with van der Waals surface area (Å²) in [6, 6.07) is 3.40. The molecular formula is C15H16FN3O4S2. The summed E-state index contributed by atoms with van der Waals surface area (Å²) in [6.45, 7) is 1.72. The molecule has 1 amide bonds. The third kappa shape index (κ3) is 3.51. The first kappa shape index (κ1) is 17.8. The lowest BCUT2D eigenvalue weighted by Gasteiger charge is -2.26. The van der Waals surface area contributed by atoms with Crippen LogP contribution >= 0.6 is 11.3 Å². The van der Waals surface area contributed by atoms with Crippen LogP contribution in [0.2, 0.25) is 0 Å². The molecule has 1 aromatic carbocycles. The standard InChI is InChI=1S/C15H16FN3O4S2/c1-9(20)17-15-18-11-5-6-19(8-13(11)24-15)25(21,22)14-7-10(16)3-4-12(14)23-2/h3-4,7H,5-6,8H2,1-2H3,(H,17,18,20). The van der Waals surface area contributed by atoms with Crippen molar-refractivity contribution in [1.82, 2.24) is 9.29 Å². The van der Waals surface area contributed by atoms with Crippen LogP contribution in [0.1, 0.15) is 17.5 Å². The zero-order valence-electron chi connectivity index (χ0n) is 13.6. The van der Waals surface area contributed by atoms with Crippen molar-refractivity contribution in [3.8, 4) is 5.75 Å². The summed E-state index contributed by atoms with van der Waals surface area (Å²) in [4.78, 5) is 16.0. The lowest BCUT2D eigenvalue weighted by atomic mass is 10.2. The van der Waals surface area contributed by atoms with Crippen molar-refractivity contribution in [2.75, 3.05) is 19.0 Å². The highest BCUT2D eigenvalue weighted by Gasteiger charge is 2.32. The van der Waals surface area contributed by atoms with E-state index in [2.05, 4.69) is 10.3 Å². The molecule has 7 nitrogen and oxygen atoms in total. The fraction of sp³-hybridized carbons (Fsp3) is 0.333. The third-order valence-electron chi connectivity index (χ3n) is 3.72. The van der Waals surface area contributed by atoms with Crippen molar-refractivity contribution in [1.29, 1.82) is 0 Å². The SMILES string of the molecule is COc1ccc(F)cc1S(=O)(=O)N1CCc2nc(NC(C)=O)sc2C1. The normalized spacial score (nSPS) is 14.8. The van der Waals surface area contributed by atoms with Crippen LogP contribution in [0.3, 0.4) is 0 Å². The Bertz CT molecular complexity index is 927. The number of hydrogen-bond acceptors (Lipinski definition) is 6. The van der Waals surface area contributed by atoms with Gasteiger partial charge < -0.3 is 10.1 Å². The van der Waals surface area contributed by atoms with Gasteiger partial charge in [-0.2, -0.15) is 4.31 Å². The number of nitrogens with one attached hydrogen (secondary N) is 1. The highest BCUT2D eigenvalue weighted by molar-refractivity contribution is 7.89. The molecule has 1 aliphatic rings. The Morgan fingerprint density at radius 2 is 2.20 bits per heavy atom. The molecule has 134 valence electrons. The summed E-state index contributed by atoms with van der Waals surface area (Å²) in [5.74, 6) is -0.793. The second-order valence-corrected chi connectivity index (χ2v) is 8.44. The van der Waals surface area contributed by atoms with Crippen molar-refractivity contribution >= 4 is 32.4 Å². The maximum atomic E-state index is 13.6. The molecule has 1 N–H and O–H groups in total. The minimum absolute atomic E-state index is 0.0930. The zero-order valence-corrected chi connectivity index (χ0v) is 15.2. The van der Waals surface area contributed by atoms with Crippen molar-refractivity contribution in [2.45, 2.75) is 24.8 Å². The van der Waals surface area contributed by atoms with Gasteiger partial charge in [0, 0.05) is 24.8 Å². The number of fused-ring (bicyclic) bond motifs is 1. The molecular weight excluding hydrogens is 369 g/mol. The van der Waals surface area contributed by atoms with E-state index in [-0.39, 0.29) is 29.6 Å². The van der Waals surface area contributed by atoms with Gasteiger partial charge in [0.05, 0.1) is 19.3 Å². The Hall–Kier alpha value is -2.04. The summed E-state index contributed by atoms with van der Waals surface area (Å²) in [7, 11) is -2.59. The lowest BCUT2D eigenvalue weighted by molar-refractivity contribution is -0.114. The highest BCUT2D eigenvalue weighted by atomic mass is 32.2. The number of benzene rings is 1. The highest BCUT2D eigenvalue weighted by Crippen LogP contribution is 2.33. The smallest absolute Gasteiger partial charge is 0.247 e. The predicted octanol–water partition coefficient (Wildman–Crippen LogP) is 2.00. The van der Waals surface area contributed by atoms with Crippen LogP contribution < -0.4 is 10.1 Å². The number of rotatable bonds is 4. The molecule has 3 rings (SSSR count). The number of carbonyl (C=O) groups is 1. The van der Waals surface area contributed by atoms with Gasteiger partial charge in [0.15, 0.2) is 5.13 Å². The second-order valence-electron chi connectivity index (χ2n) is 5.45. The maximum absolute atomic E-state index is 13.6. The summed E-state index contributed by atoms with van der Waals surface area (Å²) >= 11 is 1.24. The van der Waals surface area contributed by atoms with E-state index < -0.39 is 15.8 Å². The van der Waals surface area contributed by atoms with Crippen LogP contribution in [0.5, 0.6) is 5.75 Å². The topological polar surface area (TPSA) is 88.6 Å². The molecule has 2 aromatic rings. The average molecular weight is 385 g/mol. The van der Waals surface area contributed by atoms with Crippen molar-refractivity contribution in [2.24, 2.45) is 0 Å². The summed E-state index contributed by atoms with van der Waals surface area (Å²) in [5, 5.41) is 3.05. The number of nitrogens with zero attached hydrogens (tertiary/aromatic N) is 2. The molecule has 0 bridgehead atoms. The molecule has 0 saturated carbocycles. The Morgan fingerprint density at radius 1 is 1.44 bits per heavy atom. The molecule has 0 atom stereocenters. The maximum Gasteiger partial charge on any atom is 0.247 e. The third-order valence-corrected chi connectivity index (χ3v) is 6.59. The zero-order chi connectivity index (χ0) is 18.2. The lowest BCUT2D eigenvalue weighted by Crippen LogP contribution is -2.35. The molecule has 0 fully saturated rings. The molecule has 0 radical (unpaired) electrons. The quantitative estimate of drug-likeness (QED) is 0.870. The number of thiazole rings is 1. The number of aromatic nitrogens is 1. The Morgan fingerprint density at radius 3 is 2.88 bits per heavy atom. The monoisotopic (exact) mass is 385 g/mol. The number of ether oxygens (including phenoxy) is 1. The van der Waals surface area contributed by atoms with Gasteiger partial charge in [0.25, 0.3) is 0 Å². The van der Waals surface area contributed by atoms with Crippen LogP contribution in [0.25, 0.3) is 0 Å². The van der Waals surface area contributed by atoms with Crippen LogP contribution in [0, 0.1) is 5.82 Å². The molecule has 25 heavy (non-hydrogen) atoms. The fourth-order valence-electron chi connectivity index (χ4n) is 2.57. The number of anilines is 1. The van der Waals surface area contributed by atoms with Crippen LogP contribution in [0.4, 0.5) is 9.52 Å². The van der Waals surface area contributed by atoms with Gasteiger partial charge in [-0.25, -0.2) is 17.8 Å². The van der Waals surface area contributed by atoms with Crippen molar-refractivity contribution < 1.29 is 22.3 Å². The molecule has 0 unspecified atom stereocenters. The van der Waals surface area contributed by atoms with Gasteiger partial charge >= 0.3 is 0 Å². The van der Waals surface area contributed by atoms with Gasteiger partial charge in [-0.1, -0.05) is 0 Å². The van der Waals surface area contributed by atoms with Crippen molar-refractivity contribution in [3.63, 3.8) is 0 Å². The second kappa shape index (κ2) is 6.70. The van der Waals surface area contributed by atoms with Gasteiger partial charge in [-0.15, -0.1) is 11.3 Å². The molecule has 0 saturated heterocycles. The molecule has 10 heteroatoms. The first-order valence-corrected chi connectivity index (χ1v) is 9.67. The molecule has 0 spiro atoms. The Labute approximate surface area is 148 Å². The molecule has 1 aromatic heterocycles. The first-order valence-electron chi connectivity index (χ1n) is 7.41. The number of carbonyl (C=O) groups excluding carboxylic acids is 1. The molecule has 2 heterocycles. The summed E-state index contributed by atoms with van der Waals surface area (Å²) in [6.07, 6.45) is 0.419. The van der Waals surface area contributed by atoms with Gasteiger partial charge in [0.2, 0.25) is 15.9 Å². The average Bonchev–Trinajstić information content (AvgIpc) is 2.95. The molecule has 0 aliphatic carbocycles. The van der Waals surface area contributed by atoms with E-state index in [1.165, 1.54) is 35.7 Å². The predicted molar refractivity (Wildman–Crippen MR) is 90.7 cm³/mol. The Balaban J connectivity index is 1.91. The first-order chi connectivity index (χ1) is 11.8. The van der Waals surface area contributed by atoms with Crippen molar-refractivity contribution in [3.05, 3.63) is 34.6 Å². The summed E-state index contributed by atoms with van der Waals surface area (Å²) in [5.41, 5.74) is 0.770. The fourth-order valence-corrected chi connectivity index (χ4v) is 5.30. The van der Waals surface area contributed by atoms with E-state index in [0.717, 1.165) is 22.7 Å². The largest absolute Gasteiger partial charge is 0.495 e. The number of amides is 1. The van der Waals surface area contributed by atoms with Crippen LogP contribution in [-0.4, -0.2) is 37.3 Å². The van der Waals surface area contributed by atoms with Crippen LogP contribution in [-0.2, 0) is 27.8 Å². The van der Waals surface area contributed by atoms with E-state index in [4.69, 9.17) is 4.74 Å². The van der Waals surface area contributed by atoms with E-state index in [0.29, 0.717) is 11.6 Å². The van der Waals surface area contributed by atoms with Crippen LogP contribution in [0.15, 0.2) is 23.1 Å². The summed E-state index contributed by atoms with van der Waals surface area (Å²) < 4.78 is 45.7. The minimum Gasteiger partial charge on any atom is -0.495 e. The minimum atomic E-state index is -3.92. The van der Waals surface area contributed by atoms with Gasteiger partial charge in [0.1, 0.15) is 16.5 Å².